The van der Waals surface area contributed by atoms with Crippen molar-refractivity contribution in [2.24, 2.45) is 5.14 Å². The van der Waals surface area contributed by atoms with Gasteiger partial charge in [0.2, 0.25) is 0 Å². The molecule has 0 aliphatic carbocycles. The summed E-state index contributed by atoms with van der Waals surface area (Å²) < 4.78 is 47.0. The normalized spacial score (nSPS) is 11.5. The highest BCUT2D eigenvalue weighted by molar-refractivity contribution is 9.10. The van der Waals surface area contributed by atoms with E-state index in [1.54, 1.807) is 6.07 Å². The predicted molar refractivity (Wildman–Crippen MR) is 53.0 cm³/mol. The molecule has 0 radical (unpaired) electrons. The quantitative estimate of drug-likeness (QED) is 0.890. The summed E-state index contributed by atoms with van der Waals surface area (Å²) in [5.41, 5.74) is -1.16. The Labute approximate surface area is 98.1 Å². The van der Waals surface area contributed by atoms with E-state index in [1.165, 1.54) is 0 Å². The number of nitriles is 1. The molecule has 0 bridgehead atoms. The zero-order valence-electron chi connectivity index (χ0n) is 7.49. The number of hydrogen-bond acceptors (Lipinski definition) is 4. The molecule has 0 amide bonds. The van der Waals surface area contributed by atoms with E-state index < -0.39 is 27.0 Å². The van der Waals surface area contributed by atoms with Gasteiger partial charge in [0.25, 0.3) is 16.4 Å². The Balaban J connectivity index is 3.64. The first-order valence-corrected chi connectivity index (χ1v) is 6.02. The Morgan fingerprint density at radius 3 is 2.50 bits per heavy atom. The maximum absolute atomic E-state index is 12.5. The molecule has 1 aromatic rings. The number of nitrogens with two attached hydrogens (primary N) is 1. The van der Waals surface area contributed by atoms with Crippen LogP contribution in [-0.2, 0) is 10.0 Å². The molecule has 0 aliphatic rings. The van der Waals surface area contributed by atoms with E-state index in [2.05, 4.69) is 20.9 Å². The summed E-state index contributed by atoms with van der Waals surface area (Å²) >= 11 is 2.82. The van der Waals surface area contributed by atoms with Gasteiger partial charge in [-0.15, -0.1) is 0 Å². The molecule has 0 spiro atoms. The first-order valence-electron chi connectivity index (χ1n) is 3.69. The minimum atomic E-state index is -4.39. The number of hydrogen-bond donors (Lipinski definition) is 1. The molecule has 86 valence electrons. The van der Waals surface area contributed by atoms with Gasteiger partial charge in [0.1, 0.15) is 6.07 Å². The predicted octanol–water partition coefficient (Wildman–Crippen LogP) is 1.30. The molecule has 0 saturated carbocycles. The van der Waals surface area contributed by atoms with Gasteiger partial charge in [-0.3, -0.25) is 0 Å². The highest BCUT2D eigenvalue weighted by Gasteiger charge is 2.24. The Morgan fingerprint density at radius 1 is 1.56 bits per heavy atom. The number of pyridine rings is 1. The molecule has 16 heavy (non-hydrogen) atoms. The van der Waals surface area contributed by atoms with E-state index in [1.807, 2.05) is 0 Å². The van der Waals surface area contributed by atoms with Crippen LogP contribution < -0.4 is 5.14 Å². The number of nitrogens with zero attached hydrogens (tertiary/aromatic N) is 2. The number of aromatic nitrogens is 1. The van der Waals surface area contributed by atoms with Crippen molar-refractivity contribution < 1.29 is 17.2 Å². The van der Waals surface area contributed by atoms with Gasteiger partial charge in [-0.05, 0) is 22.0 Å². The average Bonchev–Trinajstić information content (AvgIpc) is 2.15. The highest BCUT2D eigenvalue weighted by atomic mass is 79.9. The summed E-state index contributed by atoms with van der Waals surface area (Å²) in [5.74, 6) is 0. The fourth-order valence-corrected chi connectivity index (χ4v) is 2.07. The van der Waals surface area contributed by atoms with Crippen LogP contribution in [0.4, 0.5) is 8.78 Å². The second-order valence-corrected chi connectivity index (χ2v) is 5.00. The summed E-state index contributed by atoms with van der Waals surface area (Å²) in [6.07, 6.45) is -3.05. The van der Waals surface area contributed by atoms with Crippen molar-refractivity contribution >= 4 is 26.0 Å². The number of rotatable bonds is 2. The lowest BCUT2D eigenvalue weighted by Crippen LogP contribution is -2.17. The van der Waals surface area contributed by atoms with Crippen LogP contribution in [-0.4, -0.2) is 13.4 Å². The van der Waals surface area contributed by atoms with E-state index in [0.717, 1.165) is 6.07 Å². The third-order valence-electron chi connectivity index (χ3n) is 1.58. The van der Waals surface area contributed by atoms with E-state index >= 15 is 0 Å². The molecule has 5 nitrogen and oxygen atoms in total. The van der Waals surface area contributed by atoms with Crippen molar-refractivity contribution in [1.82, 2.24) is 4.98 Å². The van der Waals surface area contributed by atoms with E-state index in [0.29, 0.717) is 0 Å². The molecule has 0 aliphatic heterocycles. The van der Waals surface area contributed by atoms with Gasteiger partial charge >= 0.3 is 0 Å². The Hall–Kier alpha value is -1.11. The number of primary sulfonamides is 1. The van der Waals surface area contributed by atoms with Crippen molar-refractivity contribution in [3.05, 3.63) is 21.8 Å². The molecule has 0 aromatic carbocycles. The maximum atomic E-state index is 12.5. The van der Waals surface area contributed by atoms with Crippen LogP contribution in [0, 0.1) is 11.3 Å². The smallest absolute Gasteiger partial charge is 0.223 e. The van der Waals surface area contributed by atoms with Gasteiger partial charge in [-0.2, -0.15) is 5.26 Å². The molecule has 1 aromatic heterocycles. The monoisotopic (exact) mass is 311 g/mol. The van der Waals surface area contributed by atoms with Crippen molar-refractivity contribution in [3.8, 4) is 6.07 Å². The lowest BCUT2D eigenvalue weighted by atomic mass is 10.2. The van der Waals surface area contributed by atoms with Crippen LogP contribution in [0.25, 0.3) is 0 Å². The van der Waals surface area contributed by atoms with E-state index in [-0.39, 0.29) is 10.2 Å². The highest BCUT2D eigenvalue weighted by Crippen LogP contribution is 2.28. The van der Waals surface area contributed by atoms with E-state index in [9.17, 15) is 17.2 Å². The molecule has 1 rings (SSSR count). The molecule has 0 unspecified atom stereocenters. The SMILES string of the molecule is N#Cc1nc(S(N)(=O)=O)c(C(F)F)cc1Br. The Bertz CT molecular complexity index is 568. The number of halogens is 3. The van der Waals surface area contributed by atoms with Crippen LogP contribution in [0.3, 0.4) is 0 Å². The average molecular weight is 312 g/mol. The molecule has 0 fully saturated rings. The molecule has 9 heteroatoms. The van der Waals surface area contributed by atoms with Crippen molar-refractivity contribution in [2.45, 2.75) is 11.5 Å². The van der Waals surface area contributed by atoms with Crippen LogP contribution in [0.1, 0.15) is 17.7 Å². The van der Waals surface area contributed by atoms with Crippen molar-refractivity contribution in [3.63, 3.8) is 0 Å². The Kier molecular flexibility index (Phi) is 3.57. The summed E-state index contributed by atoms with van der Waals surface area (Å²) in [5, 5.41) is 12.3. The molecule has 2 N–H and O–H groups in total. The lowest BCUT2D eigenvalue weighted by molar-refractivity contribution is 0.147. The molecular weight excluding hydrogens is 308 g/mol. The molecule has 0 atom stereocenters. The second kappa shape index (κ2) is 4.40. The Morgan fingerprint density at radius 2 is 2.12 bits per heavy atom. The minimum absolute atomic E-state index is 0.0160. The van der Waals surface area contributed by atoms with Crippen LogP contribution in [0.5, 0.6) is 0 Å². The molecular formula is C7H4BrF2N3O2S. The van der Waals surface area contributed by atoms with Gasteiger partial charge < -0.3 is 0 Å². The topological polar surface area (TPSA) is 96.8 Å². The maximum Gasteiger partial charge on any atom is 0.266 e. The van der Waals surface area contributed by atoms with Crippen molar-refractivity contribution in [2.75, 3.05) is 0 Å². The number of alkyl halides is 2. The first kappa shape index (κ1) is 13.0. The largest absolute Gasteiger partial charge is 0.266 e. The third kappa shape index (κ3) is 2.52. The lowest BCUT2D eigenvalue weighted by Gasteiger charge is -2.07. The summed E-state index contributed by atoms with van der Waals surface area (Å²) in [4.78, 5) is 3.28. The minimum Gasteiger partial charge on any atom is -0.223 e. The van der Waals surface area contributed by atoms with Gasteiger partial charge in [0.05, 0.1) is 10.0 Å². The van der Waals surface area contributed by atoms with Gasteiger partial charge in [-0.1, -0.05) is 0 Å². The fraction of sp³-hybridized carbons (Fsp3) is 0.143. The van der Waals surface area contributed by atoms with Gasteiger partial charge in [0.15, 0.2) is 10.7 Å². The van der Waals surface area contributed by atoms with Crippen LogP contribution in [0.2, 0.25) is 0 Å². The van der Waals surface area contributed by atoms with Crippen LogP contribution >= 0.6 is 15.9 Å². The standard InChI is InChI=1S/C7H4BrF2N3O2S/c8-4-1-3(6(9)10)7(16(12,14)15)13-5(4)2-11/h1,6H,(H2,12,14,15). The third-order valence-corrected chi connectivity index (χ3v) is 3.05. The fourth-order valence-electron chi connectivity index (χ4n) is 0.949. The molecule has 1 heterocycles. The molecule has 0 saturated heterocycles. The van der Waals surface area contributed by atoms with Crippen molar-refractivity contribution in [1.29, 1.82) is 5.26 Å². The second-order valence-electron chi connectivity index (χ2n) is 2.67. The number of sulfonamides is 1. The van der Waals surface area contributed by atoms with E-state index in [4.69, 9.17) is 10.4 Å². The zero-order chi connectivity index (χ0) is 12.5. The first-order chi connectivity index (χ1) is 7.27. The summed E-state index contributed by atoms with van der Waals surface area (Å²) in [6.45, 7) is 0. The van der Waals surface area contributed by atoms with Gasteiger partial charge in [0, 0.05) is 0 Å². The zero-order valence-corrected chi connectivity index (χ0v) is 9.89. The summed E-state index contributed by atoms with van der Waals surface area (Å²) in [7, 11) is -4.39. The summed E-state index contributed by atoms with van der Waals surface area (Å²) in [6, 6.07) is 2.37. The van der Waals surface area contributed by atoms with Crippen LogP contribution in [0.15, 0.2) is 15.6 Å². The van der Waals surface area contributed by atoms with Gasteiger partial charge in [-0.25, -0.2) is 27.3 Å².